The highest BCUT2D eigenvalue weighted by Crippen LogP contribution is 2.19. The number of nitrogens with zero attached hydrogens (tertiary/aromatic N) is 1. The molecule has 17 heavy (non-hydrogen) atoms. The lowest BCUT2D eigenvalue weighted by Crippen LogP contribution is -2.51. The smallest absolute Gasteiger partial charge is 0.329 e. The highest BCUT2D eigenvalue weighted by atomic mass is 16.4. The van der Waals surface area contributed by atoms with Crippen molar-refractivity contribution in [3.05, 3.63) is 0 Å². The van der Waals surface area contributed by atoms with Crippen LogP contribution in [0.5, 0.6) is 0 Å². The number of piperidine rings is 1. The fraction of sp³-hybridized carbons (Fsp3) is 0.833. The molecule has 1 unspecified atom stereocenters. The van der Waals surface area contributed by atoms with Gasteiger partial charge in [0.25, 0.3) is 0 Å². The van der Waals surface area contributed by atoms with Crippen molar-refractivity contribution >= 4 is 11.9 Å². The molecule has 0 aromatic rings. The number of amides is 1. The van der Waals surface area contributed by atoms with Crippen LogP contribution in [0.25, 0.3) is 0 Å². The number of carboxylic acids is 1. The fourth-order valence-corrected chi connectivity index (χ4v) is 1.94. The van der Waals surface area contributed by atoms with E-state index in [-0.39, 0.29) is 5.91 Å². The van der Waals surface area contributed by atoms with Gasteiger partial charge >= 0.3 is 5.97 Å². The Hall–Kier alpha value is -1.10. The van der Waals surface area contributed by atoms with Gasteiger partial charge in [-0.3, -0.25) is 4.79 Å². The van der Waals surface area contributed by atoms with E-state index < -0.39 is 11.5 Å². The van der Waals surface area contributed by atoms with Crippen LogP contribution in [0.3, 0.4) is 0 Å². The van der Waals surface area contributed by atoms with Gasteiger partial charge in [-0.15, -0.1) is 0 Å². The molecular formula is C12H22N2O3. The zero-order chi connectivity index (χ0) is 13.1. The number of carboxylic acid groups (broad SMARTS) is 1. The largest absolute Gasteiger partial charge is 0.480 e. The molecule has 0 radical (unpaired) electrons. The number of rotatable bonds is 4. The fourth-order valence-electron chi connectivity index (χ4n) is 1.94. The van der Waals surface area contributed by atoms with Gasteiger partial charge in [0.15, 0.2) is 0 Å². The molecule has 0 spiro atoms. The minimum absolute atomic E-state index is 0.0916. The first-order chi connectivity index (χ1) is 7.85. The molecule has 1 aliphatic rings. The molecule has 5 heteroatoms. The van der Waals surface area contributed by atoms with Gasteiger partial charge in [-0.05, 0) is 45.7 Å². The summed E-state index contributed by atoms with van der Waals surface area (Å²) in [7, 11) is 1.56. The van der Waals surface area contributed by atoms with Gasteiger partial charge in [0.2, 0.25) is 5.91 Å². The number of hydrogen-bond acceptors (Lipinski definition) is 3. The van der Waals surface area contributed by atoms with Gasteiger partial charge in [-0.25, -0.2) is 4.79 Å². The molecule has 2 N–H and O–H groups in total. The minimum Gasteiger partial charge on any atom is -0.480 e. The second-order valence-electron chi connectivity index (χ2n) is 5.23. The first kappa shape index (κ1) is 14.0. The summed E-state index contributed by atoms with van der Waals surface area (Å²) in [5.41, 5.74) is -1.14. The van der Waals surface area contributed by atoms with Crippen LogP contribution in [0.4, 0.5) is 0 Å². The van der Waals surface area contributed by atoms with Crippen LogP contribution < -0.4 is 5.32 Å². The highest BCUT2D eigenvalue weighted by molar-refractivity contribution is 5.86. The maximum Gasteiger partial charge on any atom is 0.329 e. The van der Waals surface area contributed by atoms with Crippen LogP contribution in [-0.2, 0) is 9.59 Å². The molecule has 1 saturated heterocycles. The number of carbonyl (C=O) groups excluding carboxylic acids is 1. The lowest BCUT2D eigenvalue weighted by atomic mass is 9.94. The maximum absolute atomic E-state index is 12.0. The van der Waals surface area contributed by atoms with Gasteiger partial charge in [0.1, 0.15) is 5.54 Å². The third kappa shape index (κ3) is 3.43. The van der Waals surface area contributed by atoms with Crippen molar-refractivity contribution in [1.29, 1.82) is 0 Å². The molecule has 1 heterocycles. The van der Waals surface area contributed by atoms with Gasteiger partial charge < -0.3 is 15.3 Å². The number of hydrogen-bond donors (Lipinski definition) is 2. The number of nitrogens with one attached hydrogen (secondary N) is 1. The molecule has 1 atom stereocenters. The van der Waals surface area contributed by atoms with Crippen molar-refractivity contribution in [2.45, 2.75) is 38.6 Å². The van der Waals surface area contributed by atoms with E-state index in [4.69, 9.17) is 5.11 Å². The van der Waals surface area contributed by atoms with Crippen LogP contribution in [-0.4, -0.2) is 47.6 Å². The summed E-state index contributed by atoms with van der Waals surface area (Å²) in [5.74, 6) is -0.732. The summed E-state index contributed by atoms with van der Waals surface area (Å²) >= 11 is 0. The average Bonchev–Trinajstić information content (AvgIpc) is 2.29. The number of carbonyl (C=O) groups is 2. The van der Waals surface area contributed by atoms with Crippen LogP contribution in [0.2, 0.25) is 0 Å². The first-order valence-electron chi connectivity index (χ1n) is 6.06. The number of likely N-dealkylation sites (N-methyl/N-ethyl adjacent to an activating group) is 1. The molecule has 1 amide bonds. The van der Waals surface area contributed by atoms with Crippen LogP contribution in [0.15, 0.2) is 0 Å². The van der Waals surface area contributed by atoms with Crippen molar-refractivity contribution in [2.75, 3.05) is 20.1 Å². The van der Waals surface area contributed by atoms with Crippen LogP contribution in [0, 0.1) is 5.92 Å². The Morgan fingerprint density at radius 2 is 2.12 bits per heavy atom. The predicted octanol–water partition coefficient (Wildman–Crippen LogP) is 0.698. The lowest BCUT2D eigenvalue weighted by molar-refractivity contribution is -0.155. The molecule has 0 saturated carbocycles. The van der Waals surface area contributed by atoms with Gasteiger partial charge in [0, 0.05) is 13.5 Å². The minimum atomic E-state index is -1.14. The Morgan fingerprint density at radius 3 is 2.59 bits per heavy atom. The standard InChI is InChI=1S/C12H22N2O3/c1-12(2,11(16)17)14(3)10(15)7-9-5-4-6-13-8-9/h9,13H,4-8H2,1-3H3,(H,16,17). The molecular weight excluding hydrogens is 220 g/mol. The van der Waals surface area contributed by atoms with E-state index in [1.54, 1.807) is 20.9 Å². The van der Waals surface area contributed by atoms with E-state index in [2.05, 4.69) is 5.32 Å². The molecule has 0 bridgehead atoms. The molecule has 0 aliphatic carbocycles. The van der Waals surface area contributed by atoms with E-state index in [1.165, 1.54) is 4.90 Å². The zero-order valence-corrected chi connectivity index (χ0v) is 10.8. The maximum atomic E-state index is 12.0. The third-order valence-corrected chi connectivity index (χ3v) is 3.60. The van der Waals surface area contributed by atoms with E-state index >= 15 is 0 Å². The number of aliphatic carboxylic acids is 1. The molecule has 0 aromatic carbocycles. The Labute approximate surface area is 102 Å². The highest BCUT2D eigenvalue weighted by Gasteiger charge is 2.35. The second kappa shape index (κ2) is 5.49. The third-order valence-electron chi connectivity index (χ3n) is 3.60. The van der Waals surface area contributed by atoms with Gasteiger partial charge in [0.05, 0.1) is 0 Å². The van der Waals surface area contributed by atoms with E-state index in [1.807, 2.05) is 0 Å². The first-order valence-corrected chi connectivity index (χ1v) is 6.06. The monoisotopic (exact) mass is 242 g/mol. The van der Waals surface area contributed by atoms with E-state index in [0.29, 0.717) is 12.3 Å². The van der Waals surface area contributed by atoms with Crippen molar-refractivity contribution in [3.63, 3.8) is 0 Å². The molecule has 0 aromatic heterocycles. The Balaban J connectivity index is 2.54. The predicted molar refractivity (Wildman–Crippen MR) is 64.7 cm³/mol. The van der Waals surface area contributed by atoms with Gasteiger partial charge in [-0.1, -0.05) is 0 Å². The Bertz CT molecular complexity index is 296. The van der Waals surface area contributed by atoms with Gasteiger partial charge in [-0.2, -0.15) is 0 Å². The molecule has 1 fully saturated rings. The summed E-state index contributed by atoms with van der Waals surface area (Å²) in [6, 6.07) is 0. The summed E-state index contributed by atoms with van der Waals surface area (Å²) in [5, 5.41) is 12.3. The topological polar surface area (TPSA) is 69.6 Å². The Morgan fingerprint density at radius 1 is 1.47 bits per heavy atom. The molecule has 98 valence electrons. The molecule has 1 aliphatic heterocycles. The van der Waals surface area contributed by atoms with Crippen molar-refractivity contribution < 1.29 is 14.7 Å². The summed E-state index contributed by atoms with van der Waals surface area (Å²) in [6.07, 6.45) is 2.56. The lowest BCUT2D eigenvalue weighted by Gasteiger charge is -2.33. The summed E-state index contributed by atoms with van der Waals surface area (Å²) in [4.78, 5) is 24.4. The van der Waals surface area contributed by atoms with Crippen LogP contribution >= 0.6 is 0 Å². The summed E-state index contributed by atoms with van der Waals surface area (Å²) in [6.45, 7) is 4.97. The Kier molecular flexibility index (Phi) is 4.51. The van der Waals surface area contributed by atoms with Crippen molar-refractivity contribution in [1.82, 2.24) is 10.2 Å². The van der Waals surface area contributed by atoms with E-state index in [9.17, 15) is 9.59 Å². The average molecular weight is 242 g/mol. The van der Waals surface area contributed by atoms with E-state index in [0.717, 1.165) is 25.9 Å². The quantitative estimate of drug-likeness (QED) is 0.761. The summed E-state index contributed by atoms with van der Waals surface area (Å²) < 4.78 is 0. The zero-order valence-electron chi connectivity index (χ0n) is 10.8. The SMILES string of the molecule is CN(C(=O)CC1CCCNC1)C(C)(C)C(=O)O. The second-order valence-corrected chi connectivity index (χ2v) is 5.23. The molecule has 5 nitrogen and oxygen atoms in total. The van der Waals surface area contributed by atoms with Crippen molar-refractivity contribution in [3.8, 4) is 0 Å². The normalized spacial score (nSPS) is 21.0. The van der Waals surface area contributed by atoms with Crippen LogP contribution in [0.1, 0.15) is 33.1 Å². The van der Waals surface area contributed by atoms with Crippen molar-refractivity contribution in [2.24, 2.45) is 5.92 Å². The molecule has 1 rings (SSSR count).